The van der Waals surface area contributed by atoms with E-state index < -0.39 is 0 Å². The Bertz CT molecular complexity index is 543. The lowest BCUT2D eigenvalue weighted by Gasteiger charge is -2.27. The first-order valence-corrected chi connectivity index (χ1v) is 5.72. The summed E-state index contributed by atoms with van der Waals surface area (Å²) in [5.74, 6) is 0.480. The smallest absolute Gasteiger partial charge is 0.0425 e. The Balaban J connectivity index is 2.18. The Hall–Kier alpha value is -1.76. The monoisotopic (exact) mass is 209 g/mol. The highest BCUT2D eigenvalue weighted by Gasteiger charge is 2.20. The molecule has 0 amide bonds. The van der Waals surface area contributed by atoms with E-state index in [0.717, 1.165) is 0 Å². The van der Waals surface area contributed by atoms with Crippen molar-refractivity contribution in [2.45, 2.75) is 19.8 Å². The highest BCUT2D eigenvalue weighted by Crippen LogP contribution is 2.40. The first-order chi connectivity index (χ1) is 7.75. The predicted octanol–water partition coefficient (Wildman–Crippen LogP) is 4.20. The molecule has 80 valence electrons. The summed E-state index contributed by atoms with van der Waals surface area (Å²) >= 11 is 0. The molecule has 1 N–H and O–H groups in total. The van der Waals surface area contributed by atoms with Gasteiger partial charge in [-0.3, -0.25) is 0 Å². The lowest BCUT2D eigenvalue weighted by Crippen LogP contribution is -2.10. The molecule has 1 aliphatic heterocycles. The third-order valence-corrected chi connectivity index (χ3v) is 3.37. The standard InChI is InChI=1S/C15H15N/c1-10-7-8-13-11(2)12-5-3-4-6-14(12)16-15(13)9-10/h3-9,11,16H,1-2H3. The second-order valence-corrected chi connectivity index (χ2v) is 4.52. The molecule has 1 atom stereocenters. The van der Waals surface area contributed by atoms with Gasteiger partial charge in [0.1, 0.15) is 0 Å². The molecule has 0 bridgehead atoms. The van der Waals surface area contributed by atoms with E-state index in [-0.39, 0.29) is 0 Å². The molecule has 0 radical (unpaired) electrons. The highest BCUT2D eigenvalue weighted by molar-refractivity contribution is 5.73. The summed E-state index contributed by atoms with van der Waals surface area (Å²) in [6.07, 6.45) is 0. The van der Waals surface area contributed by atoms with Gasteiger partial charge in [0, 0.05) is 17.3 Å². The summed E-state index contributed by atoms with van der Waals surface area (Å²) in [4.78, 5) is 0. The van der Waals surface area contributed by atoms with Crippen molar-refractivity contribution in [3.8, 4) is 0 Å². The molecule has 1 unspecified atom stereocenters. The molecular formula is C15H15N. The van der Waals surface area contributed by atoms with Crippen LogP contribution < -0.4 is 5.32 Å². The molecule has 1 heteroatoms. The minimum absolute atomic E-state index is 0.480. The van der Waals surface area contributed by atoms with Crippen molar-refractivity contribution in [3.05, 3.63) is 59.2 Å². The van der Waals surface area contributed by atoms with Gasteiger partial charge in [0.2, 0.25) is 0 Å². The van der Waals surface area contributed by atoms with Gasteiger partial charge in [-0.1, -0.05) is 37.3 Å². The average molecular weight is 209 g/mol. The van der Waals surface area contributed by atoms with Crippen LogP contribution in [0.5, 0.6) is 0 Å². The maximum atomic E-state index is 3.51. The lowest BCUT2D eigenvalue weighted by atomic mass is 9.87. The van der Waals surface area contributed by atoms with Crippen LogP contribution in [0.25, 0.3) is 0 Å². The van der Waals surface area contributed by atoms with Crippen molar-refractivity contribution in [3.63, 3.8) is 0 Å². The van der Waals surface area contributed by atoms with Crippen LogP contribution in [-0.2, 0) is 0 Å². The molecule has 0 fully saturated rings. The third kappa shape index (κ3) is 1.32. The van der Waals surface area contributed by atoms with Gasteiger partial charge in [0.15, 0.2) is 0 Å². The van der Waals surface area contributed by atoms with Crippen LogP contribution in [0, 0.1) is 6.92 Å². The molecule has 0 spiro atoms. The zero-order valence-corrected chi connectivity index (χ0v) is 9.62. The van der Waals surface area contributed by atoms with E-state index in [0.29, 0.717) is 5.92 Å². The summed E-state index contributed by atoms with van der Waals surface area (Å²) in [5, 5.41) is 3.51. The third-order valence-electron chi connectivity index (χ3n) is 3.37. The van der Waals surface area contributed by atoms with Gasteiger partial charge in [-0.15, -0.1) is 0 Å². The average Bonchev–Trinajstić information content (AvgIpc) is 2.29. The molecule has 3 rings (SSSR count). The fourth-order valence-corrected chi connectivity index (χ4v) is 2.46. The van der Waals surface area contributed by atoms with Gasteiger partial charge in [0.25, 0.3) is 0 Å². The molecule has 1 nitrogen and oxygen atoms in total. The quantitative estimate of drug-likeness (QED) is 0.685. The Kier molecular flexibility index (Phi) is 2.00. The van der Waals surface area contributed by atoms with Gasteiger partial charge in [-0.05, 0) is 35.7 Å². The van der Waals surface area contributed by atoms with Crippen molar-refractivity contribution in [1.82, 2.24) is 0 Å². The first-order valence-electron chi connectivity index (χ1n) is 5.72. The van der Waals surface area contributed by atoms with Gasteiger partial charge < -0.3 is 5.32 Å². The fourth-order valence-electron chi connectivity index (χ4n) is 2.46. The van der Waals surface area contributed by atoms with Crippen molar-refractivity contribution >= 4 is 11.4 Å². The minimum Gasteiger partial charge on any atom is -0.355 e. The van der Waals surface area contributed by atoms with Crippen LogP contribution in [0.3, 0.4) is 0 Å². The van der Waals surface area contributed by atoms with E-state index in [1.807, 2.05) is 0 Å². The van der Waals surface area contributed by atoms with Crippen LogP contribution in [0.1, 0.15) is 29.5 Å². The van der Waals surface area contributed by atoms with E-state index in [2.05, 4.69) is 61.6 Å². The zero-order chi connectivity index (χ0) is 11.1. The molecule has 0 saturated heterocycles. The van der Waals surface area contributed by atoms with Crippen LogP contribution >= 0.6 is 0 Å². The Morgan fingerprint density at radius 1 is 0.938 bits per heavy atom. The molecule has 2 aromatic carbocycles. The van der Waals surface area contributed by atoms with E-state index in [4.69, 9.17) is 0 Å². The Labute approximate surface area is 96.1 Å². The second-order valence-electron chi connectivity index (χ2n) is 4.52. The van der Waals surface area contributed by atoms with Crippen molar-refractivity contribution in [2.75, 3.05) is 5.32 Å². The second kappa shape index (κ2) is 3.38. The van der Waals surface area contributed by atoms with E-state index >= 15 is 0 Å². The Morgan fingerprint density at radius 2 is 1.69 bits per heavy atom. The summed E-state index contributed by atoms with van der Waals surface area (Å²) in [5.41, 5.74) is 6.58. The van der Waals surface area contributed by atoms with Gasteiger partial charge >= 0.3 is 0 Å². The van der Waals surface area contributed by atoms with E-state index in [9.17, 15) is 0 Å². The van der Waals surface area contributed by atoms with Crippen LogP contribution in [-0.4, -0.2) is 0 Å². The molecule has 1 heterocycles. The van der Waals surface area contributed by atoms with E-state index in [1.165, 1.54) is 28.1 Å². The SMILES string of the molecule is Cc1ccc2c(c1)Nc1ccccc1C2C. The number of anilines is 2. The molecule has 2 aromatic rings. The minimum atomic E-state index is 0.480. The highest BCUT2D eigenvalue weighted by atomic mass is 14.9. The van der Waals surface area contributed by atoms with Gasteiger partial charge in [0.05, 0.1) is 0 Å². The van der Waals surface area contributed by atoms with Gasteiger partial charge in [-0.25, -0.2) is 0 Å². The van der Waals surface area contributed by atoms with Crippen LogP contribution in [0.15, 0.2) is 42.5 Å². The van der Waals surface area contributed by atoms with Crippen molar-refractivity contribution < 1.29 is 0 Å². The summed E-state index contributed by atoms with van der Waals surface area (Å²) < 4.78 is 0. The number of nitrogens with one attached hydrogen (secondary N) is 1. The summed E-state index contributed by atoms with van der Waals surface area (Å²) in [7, 11) is 0. The maximum absolute atomic E-state index is 3.51. The largest absolute Gasteiger partial charge is 0.355 e. The normalized spacial score (nSPS) is 17.2. The zero-order valence-electron chi connectivity index (χ0n) is 9.62. The summed E-state index contributed by atoms with van der Waals surface area (Å²) in [6, 6.07) is 15.2. The first kappa shape index (κ1) is 9.46. The molecule has 0 saturated carbocycles. The topological polar surface area (TPSA) is 12.0 Å². The maximum Gasteiger partial charge on any atom is 0.0425 e. The number of rotatable bonds is 0. The predicted molar refractivity (Wildman–Crippen MR) is 68.4 cm³/mol. The number of benzene rings is 2. The number of hydrogen-bond donors (Lipinski definition) is 1. The summed E-state index contributed by atoms with van der Waals surface area (Å²) in [6.45, 7) is 4.40. The van der Waals surface area contributed by atoms with Crippen LogP contribution in [0.4, 0.5) is 11.4 Å². The number of aryl methyl sites for hydroxylation is 1. The van der Waals surface area contributed by atoms with Crippen LogP contribution in [0.2, 0.25) is 0 Å². The van der Waals surface area contributed by atoms with Gasteiger partial charge in [-0.2, -0.15) is 0 Å². The van der Waals surface area contributed by atoms with E-state index in [1.54, 1.807) is 0 Å². The molecule has 0 aliphatic carbocycles. The molecule has 0 aromatic heterocycles. The molecule has 1 aliphatic rings. The number of fused-ring (bicyclic) bond motifs is 2. The number of para-hydroxylation sites is 1. The molecular weight excluding hydrogens is 194 g/mol. The number of hydrogen-bond acceptors (Lipinski definition) is 1. The Morgan fingerprint density at radius 3 is 2.56 bits per heavy atom. The van der Waals surface area contributed by atoms with Crippen molar-refractivity contribution in [2.24, 2.45) is 0 Å². The fraction of sp³-hybridized carbons (Fsp3) is 0.200. The molecule has 16 heavy (non-hydrogen) atoms. The lowest BCUT2D eigenvalue weighted by molar-refractivity contribution is 0.911. The van der Waals surface area contributed by atoms with Crippen molar-refractivity contribution in [1.29, 1.82) is 0 Å².